The molecular weight excluding hydrogens is 548 g/mol. The molecule has 11 heteroatoms. The average Bonchev–Trinajstić information content (AvgIpc) is 3.37. The lowest BCUT2D eigenvalue weighted by Gasteiger charge is -2.34. The second kappa shape index (κ2) is 12.7. The number of carbonyl (C=O) groups is 3. The zero-order valence-corrected chi connectivity index (χ0v) is 24.0. The van der Waals surface area contributed by atoms with Crippen molar-refractivity contribution in [3.8, 4) is 5.75 Å². The number of nitrogens with zero attached hydrogens (tertiary/aromatic N) is 1. The number of nitrogens with one attached hydrogen (secondary N) is 3. The van der Waals surface area contributed by atoms with E-state index in [9.17, 15) is 19.5 Å². The predicted molar refractivity (Wildman–Crippen MR) is 154 cm³/mol. The number of halogens is 1. The normalized spacial score (nSPS) is 27.0. The van der Waals surface area contributed by atoms with E-state index in [-0.39, 0.29) is 43.3 Å². The number of benzene rings is 2. The summed E-state index contributed by atoms with van der Waals surface area (Å²) in [4.78, 5) is 41.6. The highest BCUT2D eigenvalue weighted by molar-refractivity contribution is 6.30. The van der Waals surface area contributed by atoms with E-state index in [0.717, 1.165) is 5.56 Å². The van der Waals surface area contributed by atoms with Crippen molar-refractivity contribution in [1.29, 1.82) is 0 Å². The van der Waals surface area contributed by atoms with Crippen molar-refractivity contribution in [2.45, 2.75) is 75.8 Å². The Bertz CT molecular complexity index is 1270. The molecule has 220 valence electrons. The largest absolute Gasteiger partial charge is 0.493 e. The molecule has 0 unspecified atom stereocenters. The molecule has 0 aromatic heterocycles. The Balaban J connectivity index is 1.42. The molecule has 4 N–H and O–H groups in total. The first kappa shape index (κ1) is 29.2. The van der Waals surface area contributed by atoms with Crippen LogP contribution in [0.3, 0.4) is 0 Å². The van der Waals surface area contributed by atoms with Gasteiger partial charge in [-0.3, -0.25) is 9.59 Å². The van der Waals surface area contributed by atoms with Crippen molar-refractivity contribution in [1.82, 2.24) is 15.5 Å². The van der Waals surface area contributed by atoms with E-state index in [2.05, 4.69) is 29.8 Å². The molecule has 2 saturated heterocycles. The third-order valence-electron chi connectivity index (χ3n) is 7.97. The van der Waals surface area contributed by atoms with Crippen LogP contribution in [0.4, 0.5) is 10.5 Å². The SMILES string of the molecule is CC(C)c1ccc2c(c1)OCC[C@@H]1CC[C@H](O)[C@@H](CNC(=O)[C@@H]3C[C@@H](CN3C(=O)Nc3ccc(Cl)cc3)NC2=O)O1. The van der Waals surface area contributed by atoms with Crippen LogP contribution in [-0.4, -0.2) is 77.9 Å². The van der Waals surface area contributed by atoms with Crippen molar-refractivity contribution in [3.63, 3.8) is 0 Å². The lowest BCUT2D eigenvalue weighted by molar-refractivity contribution is -0.133. The maximum Gasteiger partial charge on any atom is 0.322 e. The summed E-state index contributed by atoms with van der Waals surface area (Å²) < 4.78 is 12.3. The summed E-state index contributed by atoms with van der Waals surface area (Å²) in [6.07, 6.45) is 0.576. The van der Waals surface area contributed by atoms with E-state index >= 15 is 0 Å². The Morgan fingerprint density at radius 2 is 1.90 bits per heavy atom. The van der Waals surface area contributed by atoms with Gasteiger partial charge in [0.05, 0.1) is 24.4 Å². The molecule has 0 spiro atoms. The third kappa shape index (κ3) is 6.94. The van der Waals surface area contributed by atoms with Crippen molar-refractivity contribution >= 4 is 35.1 Å². The fraction of sp³-hybridized carbons (Fsp3) is 0.500. The number of ether oxygens (including phenoxy) is 2. The topological polar surface area (TPSA) is 129 Å². The number of carbonyl (C=O) groups excluding carboxylic acids is 3. The van der Waals surface area contributed by atoms with Gasteiger partial charge in [-0.05, 0) is 67.1 Å². The summed E-state index contributed by atoms with van der Waals surface area (Å²) in [5.41, 5.74) is 1.97. The molecule has 0 saturated carbocycles. The number of urea groups is 1. The van der Waals surface area contributed by atoms with Crippen LogP contribution in [0.15, 0.2) is 42.5 Å². The highest BCUT2D eigenvalue weighted by Gasteiger charge is 2.41. The average molecular weight is 585 g/mol. The lowest BCUT2D eigenvalue weighted by Crippen LogP contribution is -2.51. The van der Waals surface area contributed by atoms with Gasteiger partial charge >= 0.3 is 6.03 Å². The Morgan fingerprint density at radius 3 is 2.66 bits per heavy atom. The van der Waals surface area contributed by atoms with Crippen LogP contribution in [0.5, 0.6) is 5.75 Å². The molecule has 3 aliphatic heterocycles. The number of aliphatic hydroxyl groups is 1. The number of rotatable bonds is 2. The van der Waals surface area contributed by atoms with Crippen LogP contribution in [0.1, 0.15) is 61.4 Å². The first-order valence-corrected chi connectivity index (χ1v) is 14.6. The van der Waals surface area contributed by atoms with Gasteiger partial charge in [-0.25, -0.2) is 4.79 Å². The Hall–Kier alpha value is -3.34. The van der Waals surface area contributed by atoms with Crippen LogP contribution in [0, 0.1) is 0 Å². The smallest absolute Gasteiger partial charge is 0.322 e. The minimum atomic E-state index is -0.837. The van der Waals surface area contributed by atoms with Crippen LogP contribution in [0.2, 0.25) is 5.02 Å². The monoisotopic (exact) mass is 584 g/mol. The van der Waals surface area contributed by atoms with E-state index in [1.807, 2.05) is 12.1 Å². The second-order valence-electron chi connectivity index (χ2n) is 11.2. The van der Waals surface area contributed by atoms with E-state index in [0.29, 0.717) is 47.9 Å². The van der Waals surface area contributed by atoms with Gasteiger partial charge in [0.2, 0.25) is 5.91 Å². The molecule has 41 heavy (non-hydrogen) atoms. The molecule has 4 bridgehead atoms. The van der Waals surface area contributed by atoms with Crippen LogP contribution in [-0.2, 0) is 9.53 Å². The summed E-state index contributed by atoms with van der Waals surface area (Å²) in [7, 11) is 0. The number of hydrogen-bond donors (Lipinski definition) is 4. The second-order valence-corrected chi connectivity index (χ2v) is 11.7. The number of aliphatic hydroxyl groups excluding tert-OH is 1. The van der Waals surface area contributed by atoms with Crippen LogP contribution in [0.25, 0.3) is 0 Å². The zero-order chi connectivity index (χ0) is 29.1. The third-order valence-corrected chi connectivity index (χ3v) is 8.22. The quantitative estimate of drug-likeness (QED) is 0.426. The molecule has 0 radical (unpaired) electrons. The summed E-state index contributed by atoms with van der Waals surface area (Å²) in [6.45, 7) is 4.73. The van der Waals surface area contributed by atoms with Crippen LogP contribution < -0.4 is 20.7 Å². The molecule has 3 heterocycles. The van der Waals surface area contributed by atoms with Crippen molar-refractivity contribution in [3.05, 3.63) is 58.6 Å². The Morgan fingerprint density at radius 1 is 1.12 bits per heavy atom. The summed E-state index contributed by atoms with van der Waals surface area (Å²) in [6, 6.07) is 10.5. The number of anilines is 1. The maximum atomic E-state index is 13.5. The highest BCUT2D eigenvalue weighted by Crippen LogP contribution is 2.28. The van der Waals surface area contributed by atoms with Gasteiger partial charge in [0.1, 0.15) is 17.9 Å². The van der Waals surface area contributed by atoms with Crippen molar-refractivity contribution in [2.75, 3.05) is 25.0 Å². The van der Waals surface area contributed by atoms with Gasteiger partial charge < -0.3 is 35.4 Å². The van der Waals surface area contributed by atoms with Gasteiger partial charge in [-0.15, -0.1) is 0 Å². The molecular formula is C30H37ClN4O6. The van der Waals surface area contributed by atoms with Crippen molar-refractivity contribution in [2.24, 2.45) is 0 Å². The number of amides is 4. The molecule has 2 aromatic rings. The van der Waals surface area contributed by atoms with E-state index in [4.69, 9.17) is 21.1 Å². The lowest BCUT2D eigenvalue weighted by atomic mass is 9.99. The first-order valence-electron chi connectivity index (χ1n) is 14.2. The van der Waals surface area contributed by atoms with E-state index < -0.39 is 30.3 Å². The van der Waals surface area contributed by atoms with Gasteiger partial charge in [0.25, 0.3) is 5.91 Å². The fourth-order valence-electron chi connectivity index (χ4n) is 5.57. The summed E-state index contributed by atoms with van der Waals surface area (Å²) in [5.74, 6) is 0.0304. The Labute approximate surface area is 244 Å². The molecule has 2 fully saturated rings. The molecule has 10 nitrogen and oxygen atoms in total. The molecule has 2 aromatic carbocycles. The van der Waals surface area contributed by atoms with Crippen molar-refractivity contribution < 1.29 is 29.0 Å². The fourth-order valence-corrected chi connectivity index (χ4v) is 5.70. The van der Waals surface area contributed by atoms with Crippen LogP contribution >= 0.6 is 11.6 Å². The number of likely N-dealkylation sites (tertiary alicyclic amines) is 1. The van der Waals surface area contributed by atoms with E-state index in [1.54, 1.807) is 30.3 Å². The number of fused-ring (bicyclic) bond motifs is 5. The molecule has 4 amide bonds. The van der Waals surface area contributed by atoms with Gasteiger partial charge in [-0.1, -0.05) is 31.5 Å². The highest BCUT2D eigenvalue weighted by atomic mass is 35.5. The molecule has 5 rings (SSSR count). The van der Waals surface area contributed by atoms with Gasteiger partial charge in [0, 0.05) is 36.3 Å². The first-order chi connectivity index (χ1) is 19.7. The summed E-state index contributed by atoms with van der Waals surface area (Å²) in [5, 5.41) is 19.8. The minimum absolute atomic E-state index is 0.109. The molecule has 5 atom stereocenters. The minimum Gasteiger partial charge on any atom is -0.493 e. The van der Waals surface area contributed by atoms with E-state index in [1.165, 1.54) is 4.90 Å². The maximum absolute atomic E-state index is 13.5. The van der Waals surface area contributed by atoms with Gasteiger partial charge in [0.15, 0.2) is 0 Å². The molecule has 3 aliphatic rings. The van der Waals surface area contributed by atoms with Gasteiger partial charge in [-0.2, -0.15) is 0 Å². The Kier molecular flexibility index (Phi) is 9.01. The standard InChI is InChI=1S/C30H37ClN4O6/c1-17(2)18-3-9-23-26(13-18)40-12-11-22-8-10-25(36)27(41-22)15-32-29(38)24-14-21(33-28(23)37)16-35(24)30(39)34-20-6-4-19(31)5-7-20/h3-7,9,13,17,21-22,24-25,27,36H,8,10-12,14-16H2,1-2H3,(H,32,38)(H,33,37)(H,34,39)/t21-,22-,24-,25-,27+/m0/s1. The zero-order valence-electron chi connectivity index (χ0n) is 23.3. The summed E-state index contributed by atoms with van der Waals surface area (Å²) >= 11 is 5.97. The molecule has 0 aliphatic carbocycles. The predicted octanol–water partition coefficient (Wildman–Crippen LogP) is 3.68. The number of hydrogen-bond acceptors (Lipinski definition) is 6.